The maximum Gasteiger partial charge on any atom is 0.387 e. The first-order chi connectivity index (χ1) is 9.81. The van der Waals surface area contributed by atoms with E-state index in [1.807, 2.05) is 5.32 Å². The van der Waals surface area contributed by atoms with Crippen molar-refractivity contribution in [2.75, 3.05) is 0 Å². The van der Waals surface area contributed by atoms with Crippen molar-refractivity contribution in [2.45, 2.75) is 19.1 Å². The molecule has 114 valence electrons. The van der Waals surface area contributed by atoms with Gasteiger partial charge in [0.2, 0.25) is 0 Å². The van der Waals surface area contributed by atoms with Crippen molar-refractivity contribution in [1.29, 1.82) is 0 Å². The van der Waals surface area contributed by atoms with Crippen molar-refractivity contribution in [3.8, 4) is 5.75 Å². The average molecular weight is 303 g/mol. The van der Waals surface area contributed by atoms with E-state index >= 15 is 0 Å². The summed E-state index contributed by atoms with van der Waals surface area (Å²) in [4.78, 5) is 33.2. The Morgan fingerprint density at radius 1 is 1.19 bits per heavy atom. The van der Waals surface area contributed by atoms with Crippen LogP contribution < -0.4 is 10.1 Å². The summed E-state index contributed by atoms with van der Waals surface area (Å²) in [5.74, 6) is -4.46. The normalized spacial score (nSPS) is 11.8. The lowest BCUT2D eigenvalue weighted by Crippen LogP contribution is -2.42. The summed E-state index contributed by atoms with van der Waals surface area (Å²) in [6.07, 6.45) is -0.848. The monoisotopic (exact) mass is 303 g/mol. The van der Waals surface area contributed by atoms with E-state index in [4.69, 9.17) is 10.2 Å². The summed E-state index contributed by atoms with van der Waals surface area (Å²) >= 11 is 0. The van der Waals surface area contributed by atoms with Crippen molar-refractivity contribution in [1.82, 2.24) is 5.32 Å². The average Bonchev–Trinajstić information content (AvgIpc) is 2.37. The molecule has 9 heteroatoms. The van der Waals surface area contributed by atoms with Gasteiger partial charge in [-0.05, 0) is 12.1 Å². The van der Waals surface area contributed by atoms with Gasteiger partial charge in [-0.25, -0.2) is 4.79 Å². The van der Waals surface area contributed by atoms with Gasteiger partial charge in [-0.15, -0.1) is 0 Å². The lowest BCUT2D eigenvalue weighted by molar-refractivity contribution is -0.145. The number of hydrogen-bond donors (Lipinski definition) is 3. The Balaban J connectivity index is 2.92. The van der Waals surface area contributed by atoms with Gasteiger partial charge in [-0.1, -0.05) is 12.1 Å². The molecule has 1 aromatic rings. The zero-order valence-corrected chi connectivity index (χ0v) is 10.5. The number of para-hydroxylation sites is 1. The third-order valence-corrected chi connectivity index (χ3v) is 2.33. The summed E-state index contributed by atoms with van der Waals surface area (Å²) in [7, 11) is 0. The van der Waals surface area contributed by atoms with E-state index in [9.17, 15) is 23.2 Å². The number of carbonyl (C=O) groups is 3. The largest absolute Gasteiger partial charge is 0.481 e. The molecule has 0 spiro atoms. The highest BCUT2D eigenvalue weighted by atomic mass is 19.3. The van der Waals surface area contributed by atoms with Gasteiger partial charge in [0.1, 0.15) is 11.8 Å². The van der Waals surface area contributed by atoms with E-state index in [1.165, 1.54) is 12.1 Å². The zero-order valence-electron chi connectivity index (χ0n) is 10.5. The first-order valence-corrected chi connectivity index (χ1v) is 5.60. The maximum atomic E-state index is 12.2. The predicted molar refractivity (Wildman–Crippen MR) is 64.2 cm³/mol. The SMILES string of the molecule is O=C(O)C[C@H](NC(=O)c1ccccc1OC(F)F)C(=O)O. The third-order valence-electron chi connectivity index (χ3n) is 2.33. The molecule has 0 fully saturated rings. The van der Waals surface area contributed by atoms with Gasteiger partial charge in [-0.2, -0.15) is 8.78 Å². The van der Waals surface area contributed by atoms with Crippen molar-refractivity contribution in [2.24, 2.45) is 0 Å². The number of aliphatic carboxylic acids is 2. The Morgan fingerprint density at radius 3 is 2.33 bits per heavy atom. The smallest absolute Gasteiger partial charge is 0.387 e. The van der Waals surface area contributed by atoms with Crippen LogP contribution in [0.25, 0.3) is 0 Å². The molecule has 0 saturated carbocycles. The van der Waals surface area contributed by atoms with Gasteiger partial charge in [0.05, 0.1) is 12.0 Å². The van der Waals surface area contributed by atoms with Crippen LogP contribution in [-0.4, -0.2) is 40.7 Å². The van der Waals surface area contributed by atoms with E-state index in [1.54, 1.807) is 0 Å². The highest BCUT2D eigenvalue weighted by Crippen LogP contribution is 2.20. The molecule has 0 aromatic heterocycles. The Kier molecular flexibility index (Phi) is 5.58. The highest BCUT2D eigenvalue weighted by Gasteiger charge is 2.25. The molecular weight excluding hydrogens is 292 g/mol. The Hall–Kier alpha value is -2.71. The molecule has 0 aliphatic rings. The van der Waals surface area contributed by atoms with E-state index in [0.717, 1.165) is 12.1 Å². The van der Waals surface area contributed by atoms with Gasteiger partial charge in [-0.3, -0.25) is 9.59 Å². The molecule has 0 unspecified atom stereocenters. The van der Waals surface area contributed by atoms with Crippen molar-refractivity contribution in [3.05, 3.63) is 29.8 Å². The summed E-state index contributed by atoms with van der Waals surface area (Å²) in [5, 5.41) is 19.3. The zero-order chi connectivity index (χ0) is 16.0. The minimum absolute atomic E-state index is 0.325. The second-order valence-electron chi connectivity index (χ2n) is 3.84. The van der Waals surface area contributed by atoms with E-state index in [-0.39, 0.29) is 5.56 Å². The summed E-state index contributed by atoms with van der Waals surface area (Å²) in [6, 6.07) is 3.27. The predicted octanol–water partition coefficient (Wildman–Crippen LogP) is 0.946. The molecule has 21 heavy (non-hydrogen) atoms. The van der Waals surface area contributed by atoms with Crippen molar-refractivity contribution < 1.29 is 38.1 Å². The van der Waals surface area contributed by atoms with Crippen LogP contribution in [0.2, 0.25) is 0 Å². The number of carboxylic acid groups (broad SMARTS) is 2. The highest BCUT2D eigenvalue weighted by molar-refractivity contribution is 5.99. The minimum Gasteiger partial charge on any atom is -0.481 e. The fourth-order valence-electron chi connectivity index (χ4n) is 1.46. The summed E-state index contributed by atoms with van der Waals surface area (Å²) in [6.45, 7) is -3.16. The van der Waals surface area contributed by atoms with E-state index in [0.29, 0.717) is 0 Å². The molecule has 0 heterocycles. The quantitative estimate of drug-likeness (QED) is 0.691. The van der Waals surface area contributed by atoms with Gasteiger partial charge >= 0.3 is 18.6 Å². The number of halogens is 2. The first kappa shape index (κ1) is 16.3. The number of alkyl halides is 2. The van der Waals surface area contributed by atoms with Crippen LogP contribution >= 0.6 is 0 Å². The molecule has 1 amide bonds. The number of carboxylic acids is 2. The van der Waals surface area contributed by atoms with Crippen molar-refractivity contribution >= 4 is 17.8 Å². The van der Waals surface area contributed by atoms with Gasteiger partial charge < -0.3 is 20.3 Å². The van der Waals surface area contributed by atoms with Gasteiger partial charge in [0, 0.05) is 0 Å². The topological polar surface area (TPSA) is 113 Å². The summed E-state index contributed by atoms with van der Waals surface area (Å²) < 4.78 is 28.5. The fourth-order valence-corrected chi connectivity index (χ4v) is 1.46. The second kappa shape index (κ2) is 7.17. The molecular formula is C12H11F2NO6. The first-order valence-electron chi connectivity index (χ1n) is 5.60. The number of rotatable bonds is 7. The number of benzene rings is 1. The Morgan fingerprint density at radius 2 is 1.81 bits per heavy atom. The van der Waals surface area contributed by atoms with Gasteiger partial charge in [0.25, 0.3) is 5.91 Å². The molecule has 1 aromatic carbocycles. The Bertz CT molecular complexity index is 548. The van der Waals surface area contributed by atoms with E-state index in [2.05, 4.69) is 4.74 Å². The third kappa shape index (κ3) is 5.05. The molecule has 0 aliphatic carbocycles. The fraction of sp³-hybridized carbons (Fsp3) is 0.250. The number of ether oxygens (including phenoxy) is 1. The molecule has 1 atom stereocenters. The minimum atomic E-state index is -3.16. The lowest BCUT2D eigenvalue weighted by Gasteiger charge is -2.14. The number of nitrogens with one attached hydrogen (secondary N) is 1. The van der Waals surface area contributed by atoms with Crippen LogP contribution in [-0.2, 0) is 9.59 Å². The molecule has 0 radical (unpaired) electrons. The number of hydrogen-bond acceptors (Lipinski definition) is 4. The molecule has 0 aliphatic heterocycles. The van der Waals surface area contributed by atoms with Crippen molar-refractivity contribution in [3.63, 3.8) is 0 Å². The van der Waals surface area contributed by atoms with Crippen LogP contribution in [0.1, 0.15) is 16.8 Å². The molecule has 0 bridgehead atoms. The summed E-state index contributed by atoms with van der Waals surface area (Å²) in [5.41, 5.74) is -0.325. The second-order valence-corrected chi connectivity index (χ2v) is 3.84. The van der Waals surface area contributed by atoms with Crippen LogP contribution in [0, 0.1) is 0 Å². The molecule has 3 N–H and O–H groups in total. The molecule has 1 rings (SSSR count). The standard InChI is InChI=1S/C12H11F2NO6/c13-12(14)21-8-4-2-1-3-6(8)10(18)15-7(11(19)20)5-9(16)17/h1-4,7,12H,5H2,(H,15,18)(H,16,17)(H,19,20)/t7-/m0/s1. The van der Waals surface area contributed by atoms with Crippen LogP contribution in [0.3, 0.4) is 0 Å². The Labute approximate surface area is 117 Å². The lowest BCUT2D eigenvalue weighted by atomic mass is 10.1. The van der Waals surface area contributed by atoms with Gasteiger partial charge in [0.15, 0.2) is 0 Å². The van der Waals surface area contributed by atoms with Crippen LogP contribution in [0.4, 0.5) is 8.78 Å². The maximum absolute atomic E-state index is 12.2. The van der Waals surface area contributed by atoms with Crippen LogP contribution in [0.15, 0.2) is 24.3 Å². The van der Waals surface area contributed by atoms with E-state index < -0.39 is 42.7 Å². The number of carbonyl (C=O) groups excluding carboxylic acids is 1. The molecule has 7 nitrogen and oxygen atoms in total. The number of amides is 1. The molecule has 0 saturated heterocycles. The van der Waals surface area contributed by atoms with Crippen LogP contribution in [0.5, 0.6) is 5.75 Å².